The highest BCUT2D eigenvalue weighted by atomic mass is 16.2. The van der Waals surface area contributed by atoms with Gasteiger partial charge in [0.15, 0.2) is 5.82 Å². The van der Waals surface area contributed by atoms with Gasteiger partial charge in [-0.25, -0.2) is 9.50 Å². The van der Waals surface area contributed by atoms with Crippen LogP contribution in [0.15, 0.2) is 6.07 Å². The number of rotatable bonds is 5. The number of aryl methyl sites for hydroxylation is 2. The fourth-order valence-corrected chi connectivity index (χ4v) is 2.95. The van der Waals surface area contributed by atoms with Crippen molar-refractivity contribution in [1.82, 2.24) is 24.5 Å². The van der Waals surface area contributed by atoms with E-state index in [0.717, 1.165) is 24.2 Å². The molecule has 1 aliphatic rings. The highest BCUT2D eigenvalue weighted by Gasteiger charge is 2.36. The second-order valence-electron chi connectivity index (χ2n) is 6.97. The predicted molar refractivity (Wildman–Crippen MR) is 88.1 cm³/mol. The molecule has 6 heteroatoms. The zero-order chi connectivity index (χ0) is 16.7. The summed E-state index contributed by atoms with van der Waals surface area (Å²) in [4.78, 5) is 23.6. The van der Waals surface area contributed by atoms with Crippen LogP contribution in [0.25, 0.3) is 5.78 Å². The minimum absolute atomic E-state index is 0.124. The summed E-state index contributed by atoms with van der Waals surface area (Å²) in [5.41, 5.74) is 1.89. The van der Waals surface area contributed by atoms with Crippen molar-refractivity contribution in [3.63, 3.8) is 0 Å². The average molecular weight is 315 g/mol. The summed E-state index contributed by atoms with van der Waals surface area (Å²) >= 11 is 0. The summed E-state index contributed by atoms with van der Waals surface area (Å²) in [5.74, 6) is 1.69. The molecule has 2 heterocycles. The van der Waals surface area contributed by atoms with E-state index in [1.807, 2.05) is 24.8 Å². The number of aromatic nitrogens is 4. The summed E-state index contributed by atoms with van der Waals surface area (Å²) in [5, 5.41) is 4.46. The monoisotopic (exact) mass is 315 g/mol. The molecule has 0 radical (unpaired) electrons. The zero-order valence-electron chi connectivity index (χ0n) is 14.6. The van der Waals surface area contributed by atoms with Gasteiger partial charge in [0.2, 0.25) is 5.91 Å². The van der Waals surface area contributed by atoms with Gasteiger partial charge in [-0.2, -0.15) is 4.98 Å². The molecule has 3 rings (SSSR count). The van der Waals surface area contributed by atoms with Crippen molar-refractivity contribution in [3.05, 3.63) is 23.3 Å². The van der Waals surface area contributed by atoms with Crippen LogP contribution in [0.5, 0.6) is 0 Å². The molecule has 2 aromatic rings. The van der Waals surface area contributed by atoms with Gasteiger partial charge in [-0.3, -0.25) is 4.79 Å². The number of carbonyl (C=O) groups is 1. The fourth-order valence-electron chi connectivity index (χ4n) is 2.95. The zero-order valence-corrected chi connectivity index (χ0v) is 14.6. The lowest BCUT2D eigenvalue weighted by Gasteiger charge is -2.32. The molecule has 0 aliphatic heterocycles. The molecule has 0 spiro atoms. The Morgan fingerprint density at radius 3 is 2.61 bits per heavy atom. The van der Waals surface area contributed by atoms with E-state index in [0.29, 0.717) is 23.6 Å². The van der Waals surface area contributed by atoms with Gasteiger partial charge in [0.05, 0.1) is 6.42 Å². The first-order valence-corrected chi connectivity index (χ1v) is 8.38. The number of carbonyl (C=O) groups excluding carboxylic acids is 1. The van der Waals surface area contributed by atoms with Crippen molar-refractivity contribution >= 4 is 11.7 Å². The normalized spacial score (nSPS) is 16.1. The van der Waals surface area contributed by atoms with Crippen LogP contribution in [-0.2, 0) is 11.2 Å². The molecule has 1 amide bonds. The van der Waals surface area contributed by atoms with Gasteiger partial charge < -0.3 is 4.90 Å². The molecule has 1 aliphatic carbocycles. The number of hydrogen-bond acceptors (Lipinski definition) is 4. The molecule has 1 fully saturated rings. The number of amides is 1. The molecule has 0 saturated heterocycles. The third-order valence-electron chi connectivity index (χ3n) is 4.60. The lowest BCUT2D eigenvalue weighted by atomic mass is 10.0. The Bertz CT molecular complexity index is 732. The first-order chi connectivity index (χ1) is 10.9. The van der Waals surface area contributed by atoms with Crippen LogP contribution in [0.3, 0.4) is 0 Å². The first-order valence-electron chi connectivity index (χ1n) is 8.38. The Labute approximate surface area is 136 Å². The summed E-state index contributed by atoms with van der Waals surface area (Å²) in [6.07, 6.45) is 2.47. The lowest BCUT2D eigenvalue weighted by molar-refractivity contribution is -0.134. The first kappa shape index (κ1) is 15.9. The van der Waals surface area contributed by atoms with Gasteiger partial charge in [-0.1, -0.05) is 13.8 Å². The summed E-state index contributed by atoms with van der Waals surface area (Å²) in [7, 11) is 0. The van der Waals surface area contributed by atoms with E-state index < -0.39 is 0 Å². The largest absolute Gasteiger partial charge is 0.336 e. The second kappa shape index (κ2) is 5.91. The minimum atomic E-state index is 0.124. The number of hydrogen-bond donors (Lipinski definition) is 0. The van der Waals surface area contributed by atoms with Gasteiger partial charge in [0, 0.05) is 23.5 Å². The van der Waals surface area contributed by atoms with E-state index in [1.54, 1.807) is 4.52 Å². The molecular weight excluding hydrogens is 290 g/mol. The third kappa shape index (κ3) is 3.21. The smallest absolute Gasteiger partial charge is 0.252 e. The quantitative estimate of drug-likeness (QED) is 0.849. The van der Waals surface area contributed by atoms with Crippen molar-refractivity contribution in [2.45, 2.75) is 66.0 Å². The van der Waals surface area contributed by atoms with Crippen molar-refractivity contribution in [2.75, 3.05) is 0 Å². The molecule has 0 N–H and O–H groups in total. The van der Waals surface area contributed by atoms with E-state index in [-0.39, 0.29) is 18.4 Å². The van der Waals surface area contributed by atoms with E-state index >= 15 is 0 Å². The number of fused-ring (bicyclic) bond motifs is 1. The van der Waals surface area contributed by atoms with Crippen LogP contribution in [0.2, 0.25) is 0 Å². The Kier molecular flexibility index (Phi) is 4.08. The molecule has 124 valence electrons. The van der Waals surface area contributed by atoms with Gasteiger partial charge in [0.25, 0.3) is 5.78 Å². The van der Waals surface area contributed by atoms with Gasteiger partial charge in [-0.15, -0.1) is 5.10 Å². The maximum Gasteiger partial charge on any atom is 0.252 e. The third-order valence-corrected chi connectivity index (χ3v) is 4.60. The molecule has 1 atom stereocenters. The van der Waals surface area contributed by atoms with Crippen LogP contribution >= 0.6 is 0 Å². The summed E-state index contributed by atoms with van der Waals surface area (Å²) < 4.78 is 1.71. The molecule has 2 aromatic heterocycles. The predicted octanol–water partition coefficient (Wildman–Crippen LogP) is 2.32. The van der Waals surface area contributed by atoms with Crippen molar-refractivity contribution in [3.8, 4) is 0 Å². The van der Waals surface area contributed by atoms with E-state index in [4.69, 9.17) is 0 Å². The summed E-state index contributed by atoms with van der Waals surface area (Å²) in [6, 6.07) is 2.61. The maximum atomic E-state index is 12.8. The molecule has 23 heavy (non-hydrogen) atoms. The van der Waals surface area contributed by atoms with E-state index in [2.05, 4.69) is 35.8 Å². The van der Waals surface area contributed by atoms with Crippen LogP contribution in [-0.4, -0.2) is 42.5 Å². The van der Waals surface area contributed by atoms with Crippen molar-refractivity contribution < 1.29 is 4.79 Å². The fraction of sp³-hybridized carbons (Fsp3) is 0.647. The molecule has 0 unspecified atom stereocenters. The topological polar surface area (TPSA) is 63.4 Å². The van der Waals surface area contributed by atoms with E-state index in [1.165, 1.54) is 0 Å². The molecule has 1 saturated carbocycles. The van der Waals surface area contributed by atoms with Gasteiger partial charge >= 0.3 is 0 Å². The molecule has 6 nitrogen and oxygen atoms in total. The molecule has 0 bridgehead atoms. The second-order valence-corrected chi connectivity index (χ2v) is 6.97. The Hall–Kier alpha value is -1.98. The molecule has 0 aromatic carbocycles. The van der Waals surface area contributed by atoms with Crippen LogP contribution in [0.1, 0.15) is 50.8 Å². The van der Waals surface area contributed by atoms with Crippen molar-refractivity contribution in [2.24, 2.45) is 5.92 Å². The lowest BCUT2D eigenvalue weighted by Crippen LogP contribution is -2.44. The maximum absolute atomic E-state index is 12.8. The van der Waals surface area contributed by atoms with Crippen LogP contribution in [0, 0.1) is 19.8 Å². The van der Waals surface area contributed by atoms with Gasteiger partial charge in [-0.05, 0) is 45.6 Å². The Morgan fingerprint density at radius 1 is 1.30 bits per heavy atom. The SMILES string of the molecule is Cc1cc(C)n2nc(CC(=O)N(C3CC3)[C@@H](C)C(C)C)nc2n1. The Morgan fingerprint density at radius 2 is 2.00 bits per heavy atom. The minimum Gasteiger partial charge on any atom is -0.336 e. The number of nitrogens with zero attached hydrogens (tertiary/aromatic N) is 5. The van der Waals surface area contributed by atoms with Crippen LogP contribution in [0.4, 0.5) is 0 Å². The average Bonchev–Trinajstić information content (AvgIpc) is 3.19. The highest BCUT2D eigenvalue weighted by Crippen LogP contribution is 2.31. The van der Waals surface area contributed by atoms with E-state index in [9.17, 15) is 4.79 Å². The Balaban J connectivity index is 1.83. The standard InChI is InChI=1S/C17H25N5O/c1-10(2)13(5)21(14-6-7-14)16(23)9-15-19-17-18-11(3)8-12(4)22(17)20-15/h8,10,13-14H,6-7,9H2,1-5H3/t13-/m0/s1. The van der Waals surface area contributed by atoms with Gasteiger partial charge in [0.1, 0.15) is 0 Å². The molecular formula is C17H25N5O. The summed E-state index contributed by atoms with van der Waals surface area (Å²) in [6.45, 7) is 10.4. The van der Waals surface area contributed by atoms with Crippen molar-refractivity contribution in [1.29, 1.82) is 0 Å². The highest BCUT2D eigenvalue weighted by molar-refractivity contribution is 5.79. The van der Waals surface area contributed by atoms with Crippen LogP contribution < -0.4 is 0 Å².